The Morgan fingerprint density at radius 1 is 1.14 bits per heavy atom. The molecule has 0 atom stereocenters. The predicted molar refractivity (Wildman–Crippen MR) is 105 cm³/mol. The van der Waals surface area contributed by atoms with Crippen molar-refractivity contribution in [3.05, 3.63) is 52.5 Å². The number of nitrogens with one attached hydrogen (secondary N) is 1. The summed E-state index contributed by atoms with van der Waals surface area (Å²) >= 11 is 5.94. The lowest BCUT2D eigenvalue weighted by molar-refractivity contribution is -0.123. The third-order valence-electron chi connectivity index (χ3n) is 3.46. The first-order chi connectivity index (χ1) is 13.4. The van der Waals surface area contributed by atoms with Crippen LogP contribution in [-0.4, -0.2) is 38.4 Å². The summed E-state index contributed by atoms with van der Waals surface area (Å²) in [4.78, 5) is 22.6. The second-order valence-corrected chi connectivity index (χ2v) is 6.07. The zero-order valence-corrected chi connectivity index (χ0v) is 16.2. The highest BCUT2D eigenvalue weighted by Gasteiger charge is 2.07. The number of hydrogen-bond donors (Lipinski definition) is 2. The van der Waals surface area contributed by atoms with Gasteiger partial charge in [-0.05, 0) is 54.4 Å². The van der Waals surface area contributed by atoms with E-state index in [1.165, 1.54) is 13.3 Å². The topological polar surface area (TPSA) is 112 Å². The Kier molecular flexibility index (Phi) is 7.65. The first-order valence-corrected chi connectivity index (χ1v) is 8.57. The van der Waals surface area contributed by atoms with Gasteiger partial charge in [0, 0.05) is 5.02 Å². The Hall–Kier alpha value is -3.26. The first kappa shape index (κ1) is 21.0. The van der Waals surface area contributed by atoms with E-state index in [0.717, 1.165) is 5.56 Å². The number of nitrogens with zero attached hydrogens (tertiary/aromatic N) is 1. The molecule has 2 amide bonds. The maximum atomic E-state index is 11.8. The van der Waals surface area contributed by atoms with Crippen LogP contribution in [-0.2, 0) is 9.59 Å². The number of rotatable bonds is 9. The minimum atomic E-state index is -0.591. The zero-order valence-electron chi connectivity index (χ0n) is 15.4. The number of amides is 2. The molecule has 2 aromatic carbocycles. The molecular formula is C19H20ClN3O5. The van der Waals surface area contributed by atoms with Gasteiger partial charge in [0.15, 0.2) is 24.7 Å². The normalized spacial score (nSPS) is 10.5. The summed E-state index contributed by atoms with van der Waals surface area (Å²) in [6.45, 7) is 1.40. The Morgan fingerprint density at radius 3 is 2.61 bits per heavy atom. The molecule has 0 fully saturated rings. The molecule has 28 heavy (non-hydrogen) atoms. The fraction of sp³-hybridized carbons (Fsp3) is 0.211. The molecule has 0 saturated heterocycles. The number of halogens is 1. The van der Waals surface area contributed by atoms with Gasteiger partial charge in [0.1, 0.15) is 5.75 Å². The van der Waals surface area contributed by atoms with Crippen LogP contribution in [0, 0.1) is 6.92 Å². The third-order valence-corrected chi connectivity index (χ3v) is 3.88. The quantitative estimate of drug-likeness (QED) is 0.489. The molecule has 0 bridgehead atoms. The number of carbonyl (C=O) groups excluding carboxylic acids is 2. The minimum Gasteiger partial charge on any atom is -0.493 e. The number of primary amides is 1. The van der Waals surface area contributed by atoms with E-state index < -0.39 is 11.8 Å². The average molecular weight is 406 g/mol. The Bertz CT molecular complexity index is 886. The molecule has 0 heterocycles. The number of aryl methyl sites for hydroxylation is 1. The fourth-order valence-corrected chi connectivity index (χ4v) is 2.22. The molecule has 3 N–H and O–H groups in total. The molecule has 0 saturated carbocycles. The lowest BCUT2D eigenvalue weighted by Gasteiger charge is -2.09. The molecule has 0 aliphatic carbocycles. The highest BCUT2D eigenvalue weighted by molar-refractivity contribution is 6.31. The second kappa shape index (κ2) is 10.2. The van der Waals surface area contributed by atoms with Crippen molar-refractivity contribution in [2.24, 2.45) is 10.8 Å². The van der Waals surface area contributed by atoms with Crippen LogP contribution in [0.5, 0.6) is 17.2 Å². The lowest BCUT2D eigenvalue weighted by Crippen LogP contribution is -2.24. The molecule has 0 unspecified atom stereocenters. The molecule has 9 heteroatoms. The monoisotopic (exact) mass is 405 g/mol. The number of benzene rings is 2. The summed E-state index contributed by atoms with van der Waals surface area (Å²) < 4.78 is 15.8. The molecule has 148 valence electrons. The van der Waals surface area contributed by atoms with E-state index in [2.05, 4.69) is 10.5 Å². The molecule has 8 nitrogen and oxygen atoms in total. The van der Waals surface area contributed by atoms with Crippen LogP contribution in [0.4, 0.5) is 0 Å². The molecule has 0 spiro atoms. The van der Waals surface area contributed by atoms with Crippen LogP contribution in [0.1, 0.15) is 11.1 Å². The summed E-state index contributed by atoms with van der Waals surface area (Å²) in [6, 6.07) is 10.1. The van der Waals surface area contributed by atoms with Crippen molar-refractivity contribution < 1.29 is 23.8 Å². The van der Waals surface area contributed by atoms with Crippen molar-refractivity contribution in [1.82, 2.24) is 5.43 Å². The molecular weight excluding hydrogens is 386 g/mol. The largest absolute Gasteiger partial charge is 0.493 e. The number of carbonyl (C=O) groups is 2. The van der Waals surface area contributed by atoms with Crippen molar-refractivity contribution in [2.75, 3.05) is 20.3 Å². The van der Waals surface area contributed by atoms with Crippen LogP contribution < -0.4 is 25.4 Å². The smallest absolute Gasteiger partial charge is 0.277 e. The van der Waals surface area contributed by atoms with Crippen molar-refractivity contribution in [3.8, 4) is 17.2 Å². The number of hydrazone groups is 1. The second-order valence-electron chi connectivity index (χ2n) is 5.66. The van der Waals surface area contributed by atoms with Crippen molar-refractivity contribution >= 4 is 29.6 Å². The van der Waals surface area contributed by atoms with Gasteiger partial charge in [-0.3, -0.25) is 9.59 Å². The fourth-order valence-electron chi connectivity index (χ4n) is 2.10. The minimum absolute atomic E-state index is 0.193. The Morgan fingerprint density at radius 2 is 1.93 bits per heavy atom. The summed E-state index contributed by atoms with van der Waals surface area (Å²) in [5.41, 5.74) is 8.92. The van der Waals surface area contributed by atoms with Crippen molar-refractivity contribution in [2.45, 2.75) is 6.92 Å². The molecule has 0 aliphatic rings. The van der Waals surface area contributed by atoms with Crippen LogP contribution in [0.25, 0.3) is 0 Å². The SMILES string of the molecule is COc1cc(/C=N\NC(=O)COc2ccc(Cl)c(C)c2)ccc1OCC(N)=O. The zero-order chi connectivity index (χ0) is 20.5. The van der Waals surface area contributed by atoms with E-state index in [1.54, 1.807) is 36.4 Å². The van der Waals surface area contributed by atoms with E-state index in [4.69, 9.17) is 31.5 Å². The summed E-state index contributed by atoms with van der Waals surface area (Å²) in [7, 11) is 1.46. The van der Waals surface area contributed by atoms with Crippen LogP contribution in [0.15, 0.2) is 41.5 Å². The van der Waals surface area contributed by atoms with Crippen LogP contribution in [0.3, 0.4) is 0 Å². The number of nitrogens with two attached hydrogens (primary N) is 1. The standard InChI is InChI=1S/C19H20ClN3O5/c1-12-7-14(4-5-15(12)20)27-11-19(25)23-22-9-13-3-6-16(17(8-13)26-2)28-10-18(21)24/h3-9H,10-11H2,1-2H3,(H2,21,24)(H,23,25)/b22-9-. The van der Waals surface area contributed by atoms with Gasteiger partial charge in [0.25, 0.3) is 11.8 Å². The van der Waals surface area contributed by atoms with Gasteiger partial charge < -0.3 is 19.9 Å². The molecule has 0 radical (unpaired) electrons. The highest BCUT2D eigenvalue weighted by atomic mass is 35.5. The Labute approximate surface area is 167 Å². The first-order valence-electron chi connectivity index (χ1n) is 8.19. The summed E-state index contributed by atoms with van der Waals surface area (Å²) in [5.74, 6) is 0.299. The molecule has 0 aliphatic heterocycles. The van der Waals surface area contributed by atoms with E-state index in [9.17, 15) is 9.59 Å². The van der Waals surface area contributed by atoms with Gasteiger partial charge in [-0.2, -0.15) is 5.10 Å². The third kappa shape index (κ3) is 6.48. The molecule has 2 rings (SSSR count). The number of methoxy groups -OCH3 is 1. The van der Waals surface area contributed by atoms with Gasteiger partial charge >= 0.3 is 0 Å². The van der Waals surface area contributed by atoms with Gasteiger partial charge in [-0.25, -0.2) is 5.43 Å². The number of ether oxygens (including phenoxy) is 3. The van der Waals surface area contributed by atoms with Gasteiger partial charge in [0.2, 0.25) is 0 Å². The predicted octanol–water partition coefficient (Wildman–Crippen LogP) is 2.05. The molecule has 0 aromatic heterocycles. The lowest BCUT2D eigenvalue weighted by atomic mass is 10.2. The van der Waals surface area contributed by atoms with E-state index >= 15 is 0 Å². The van der Waals surface area contributed by atoms with Gasteiger partial charge in [0.05, 0.1) is 13.3 Å². The van der Waals surface area contributed by atoms with E-state index in [0.29, 0.717) is 27.8 Å². The van der Waals surface area contributed by atoms with E-state index in [-0.39, 0.29) is 13.2 Å². The van der Waals surface area contributed by atoms with Gasteiger partial charge in [-0.1, -0.05) is 11.6 Å². The summed E-state index contributed by atoms with van der Waals surface area (Å²) in [6.07, 6.45) is 1.44. The average Bonchev–Trinajstić information content (AvgIpc) is 2.67. The maximum absolute atomic E-state index is 11.8. The van der Waals surface area contributed by atoms with Crippen molar-refractivity contribution in [3.63, 3.8) is 0 Å². The van der Waals surface area contributed by atoms with Crippen LogP contribution >= 0.6 is 11.6 Å². The Balaban J connectivity index is 1.87. The number of hydrogen-bond acceptors (Lipinski definition) is 6. The van der Waals surface area contributed by atoms with Crippen LogP contribution in [0.2, 0.25) is 5.02 Å². The summed E-state index contributed by atoms with van der Waals surface area (Å²) in [5, 5.41) is 4.50. The maximum Gasteiger partial charge on any atom is 0.277 e. The highest BCUT2D eigenvalue weighted by Crippen LogP contribution is 2.27. The van der Waals surface area contributed by atoms with E-state index in [1.807, 2.05) is 6.92 Å². The van der Waals surface area contributed by atoms with Gasteiger partial charge in [-0.15, -0.1) is 0 Å². The van der Waals surface area contributed by atoms with Crippen molar-refractivity contribution in [1.29, 1.82) is 0 Å². The molecule has 2 aromatic rings.